The van der Waals surface area contributed by atoms with Gasteiger partial charge in [-0.2, -0.15) is 0 Å². The third-order valence-electron chi connectivity index (χ3n) is 5.18. The summed E-state index contributed by atoms with van der Waals surface area (Å²) in [7, 11) is 0. The van der Waals surface area contributed by atoms with Gasteiger partial charge in [-0.3, -0.25) is 4.79 Å². The number of ether oxygens (including phenoxy) is 6. The van der Waals surface area contributed by atoms with Crippen molar-refractivity contribution in [1.82, 2.24) is 0 Å². The molecule has 0 spiro atoms. The lowest BCUT2D eigenvalue weighted by atomic mass is 9.82. The highest BCUT2D eigenvalue weighted by Gasteiger charge is 2.33. The molecule has 1 rings (SSSR count). The zero-order valence-corrected chi connectivity index (χ0v) is 24.6. The van der Waals surface area contributed by atoms with Crippen molar-refractivity contribution in [1.29, 1.82) is 0 Å². The molecule has 0 amide bonds. The van der Waals surface area contributed by atoms with Crippen LogP contribution in [-0.2, 0) is 23.7 Å². The van der Waals surface area contributed by atoms with Crippen LogP contribution < -0.4 is 15.2 Å². The van der Waals surface area contributed by atoms with Gasteiger partial charge in [0.1, 0.15) is 6.04 Å². The van der Waals surface area contributed by atoms with E-state index in [0.29, 0.717) is 5.56 Å². The fourth-order valence-electron chi connectivity index (χ4n) is 3.27. The van der Waals surface area contributed by atoms with Crippen LogP contribution in [-0.4, -0.2) is 62.0 Å². The minimum absolute atomic E-state index is 0.0366. The van der Waals surface area contributed by atoms with E-state index in [1.54, 1.807) is 6.92 Å². The molecular weight excluding hydrogens is 526 g/mol. The average Bonchev–Trinajstić information content (AvgIpc) is 2.84. The van der Waals surface area contributed by atoms with E-state index in [-0.39, 0.29) is 55.2 Å². The first-order valence-electron chi connectivity index (χ1n) is 13.1. The minimum atomic E-state index is -1.42. The number of carbonyl (C=O) groups is 4. The highest BCUT2D eigenvalue weighted by molar-refractivity contribution is 5.75. The van der Waals surface area contributed by atoms with Gasteiger partial charge in [-0.15, -0.1) is 0 Å². The maximum atomic E-state index is 12.3. The lowest BCUT2D eigenvalue weighted by Gasteiger charge is -2.28. The molecule has 2 unspecified atom stereocenters. The number of nitrogens with two attached hydrogens (primary N) is 1. The number of hydrogen-bond donors (Lipinski definition) is 2. The van der Waals surface area contributed by atoms with Gasteiger partial charge >= 0.3 is 24.4 Å². The van der Waals surface area contributed by atoms with E-state index in [0.717, 1.165) is 0 Å². The summed E-state index contributed by atoms with van der Waals surface area (Å²) >= 11 is 0. The Morgan fingerprint density at radius 3 is 1.75 bits per heavy atom. The van der Waals surface area contributed by atoms with E-state index in [1.165, 1.54) is 18.2 Å². The summed E-state index contributed by atoms with van der Waals surface area (Å²) in [6, 6.07) is 2.69. The first kappa shape index (κ1) is 34.5. The molecule has 0 bridgehead atoms. The summed E-state index contributed by atoms with van der Waals surface area (Å²) in [6.07, 6.45) is -2.97. The van der Waals surface area contributed by atoms with Crippen molar-refractivity contribution >= 4 is 24.4 Å². The lowest BCUT2D eigenvalue weighted by molar-refractivity contribution is -0.139. The van der Waals surface area contributed by atoms with Crippen LogP contribution in [0.25, 0.3) is 0 Å². The molecule has 1 aromatic rings. The monoisotopic (exact) mass is 569 g/mol. The molecular formula is C28H43NO11. The number of carboxylic acids is 1. The summed E-state index contributed by atoms with van der Waals surface area (Å²) in [5.74, 6) is -3.10. The number of carboxylic acid groups (broad SMARTS) is 1. The molecule has 12 heteroatoms. The predicted octanol–water partition coefficient (Wildman–Crippen LogP) is 5.36. The van der Waals surface area contributed by atoms with Crippen molar-refractivity contribution in [3.63, 3.8) is 0 Å². The van der Waals surface area contributed by atoms with Gasteiger partial charge in [-0.1, -0.05) is 61.5 Å². The van der Waals surface area contributed by atoms with Gasteiger partial charge in [0.2, 0.25) is 0 Å². The van der Waals surface area contributed by atoms with E-state index >= 15 is 0 Å². The Morgan fingerprint density at radius 1 is 0.775 bits per heavy atom. The topological polar surface area (TPSA) is 170 Å². The van der Waals surface area contributed by atoms with Crippen LogP contribution in [0.4, 0.5) is 14.4 Å². The molecule has 226 valence electrons. The van der Waals surface area contributed by atoms with E-state index in [1.807, 2.05) is 48.5 Å². The highest BCUT2D eigenvalue weighted by atomic mass is 16.7. The molecule has 0 radical (unpaired) electrons. The van der Waals surface area contributed by atoms with Crippen LogP contribution in [0.2, 0.25) is 0 Å². The van der Waals surface area contributed by atoms with Crippen LogP contribution in [0.15, 0.2) is 18.2 Å². The van der Waals surface area contributed by atoms with Crippen LogP contribution in [0.1, 0.15) is 66.9 Å². The van der Waals surface area contributed by atoms with E-state index in [2.05, 4.69) is 0 Å². The Bertz CT molecular complexity index is 1000. The van der Waals surface area contributed by atoms with Gasteiger partial charge < -0.3 is 39.3 Å². The van der Waals surface area contributed by atoms with Crippen molar-refractivity contribution in [3.05, 3.63) is 23.8 Å². The minimum Gasteiger partial charge on any atom is -0.480 e. The maximum absolute atomic E-state index is 12.3. The van der Waals surface area contributed by atoms with Crippen molar-refractivity contribution < 1.29 is 52.7 Å². The molecule has 12 nitrogen and oxygen atoms in total. The molecule has 0 aliphatic rings. The fourth-order valence-corrected chi connectivity index (χ4v) is 3.27. The predicted molar refractivity (Wildman–Crippen MR) is 144 cm³/mol. The second-order valence-corrected chi connectivity index (χ2v) is 11.6. The molecule has 0 aromatic heterocycles. The Hall–Kier alpha value is -3.54. The Kier molecular flexibility index (Phi) is 13.7. The SMILES string of the molecule is CC(C)COC(=O)Oc1ccc(C(C(C)COC(=O)OCC(C)(C)C)[C@H](N)C(=O)O)cc1OC(=O)OCC(C)C. The Morgan fingerprint density at radius 2 is 1.27 bits per heavy atom. The summed E-state index contributed by atoms with van der Waals surface area (Å²) in [6.45, 7) is 14.8. The lowest BCUT2D eigenvalue weighted by Crippen LogP contribution is -2.40. The third-order valence-corrected chi connectivity index (χ3v) is 5.18. The second-order valence-electron chi connectivity index (χ2n) is 11.6. The zero-order valence-electron chi connectivity index (χ0n) is 24.6. The second kappa shape index (κ2) is 15.9. The quantitative estimate of drug-likeness (QED) is 0.177. The van der Waals surface area contributed by atoms with Crippen molar-refractivity contribution in [2.24, 2.45) is 28.9 Å². The highest BCUT2D eigenvalue weighted by Crippen LogP contribution is 2.36. The van der Waals surface area contributed by atoms with Gasteiger partial charge in [-0.05, 0) is 40.9 Å². The summed E-state index contributed by atoms with van der Waals surface area (Å²) in [5.41, 5.74) is 6.08. The molecule has 0 saturated heterocycles. The Labute approximate surface area is 235 Å². The Balaban J connectivity index is 3.27. The average molecular weight is 570 g/mol. The first-order valence-corrected chi connectivity index (χ1v) is 13.1. The van der Waals surface area contributed by atoms with Gasteiger partial charge in [0.05, 0.1) is 26.4 Å². The van der Waals surface area contributed by atoms with E-state index in [4.69, 9.17) is 34.2 Å². The van der Waals surface area contributed by atoms with Crippen molar-refractivity contribution in [2.45, 2.75) is 67.3 Å². The molecule has 3 atom stereocenters. The number of rotatable bonds is 13. The third kappa shape index (κ3) is 13.0. The van der Waals surface area contributed by atoms with Gasteiger partial charge in [0, 0.05) is 5.92 Å². The molecule has 40 heavy (non-hydrogen) atoms. The first-order chi connectivity index (χ1) is 18.5. The fraction of sp³-hybridized carbons (Fsp3) is 0.643. The van der Waals surface area contributed by atoms with Gasteiger partial charge in [0.15, 0.2) is 11.5 Å². The van der Waals surface area contributed by atoms with Gasteiger partial charge in [-0.25, -0.2) is 14.4 Å². The summed E-state index contributed by atoms with van der Waals surface area (Å²) in [5, 5.41) is 9.68. The zero-order chi connectivity index (χ0) is 30.6. The summed E-state index contributed by atoms with van der Waals surface area (Å²) < 4.78 is 30.9. The van der Waals surface area contributed by atoms with E-state index < -0.39 is 42.3 Å². The molecule has 3 N–H and O–H groups in total. The number of benzene rings is 1. The molecule has 0 fully saturated rings. The number of aliphatic carboxylic acids is 1. The van der Waals surface area contributed by atoms with Crippen molar-refractivity contribution in [3.8, 4) is 11.5 Å². The molecule has 0 heterocycles. The molecule has 1 aromatic carbocycles. The van der Waals surface area contributed by atoms with Crippen LogP contribution in [0, 0.1) is 23.2 Å². The smallest absolute Gasteiger partial charge is 0.480 e. The molecule has 0 saturated carbocycles. The summed E-state index contributed by atoms with van der Waals surface area (Å²) in [4.78, 5) is 48.4. The number of carbonyl (C=O) groups excluding carboxylic acids is 3. The van der Waals surface area contributed by atoms with Crippen molar-refractivity contribution in [2.75, 3.05) is 26.4 Å². The van der Waals surface area contributed by atoms with Crippen LogP contribution in [0.3, 0.4) is 0 Å². The van der Waals surface area contributed by atoms with E-state index in [9.17, 15) is 24.3 Å². The normalized spacial score (nSPS) is 13.7. The van der Waals surface area contributed by atoms with Crippen LogP contribution >= 0.6 is 0 Å². The maximum Gasteiger partial charge on any atom is 0.513 e. The van der Waals surface area contributed by atoms with Crippen LogP contribution in [0.5, 0.6) is 11.5 Å². The molecule has 0 aliphatic carbocycles. The van der Waals surface area contributed by atoms with Gasteiger partial charge in [0.25, 0.3) is 0 Å². The standard InChI is InChI=1S/C28H43NO11/c1-16(2)12-35-26(33)39-20-10-9-19(11-21(20)40-27(34)36-13-17(3)4)22(23(29)24(30)31)18(5)14-37-25(32)38-15-28(6,7)8/h9-11,16-18,22-23H,12-15,29H2,1-8H3,(H,30,31)/t18?,22?,23-/m0/s1. The number of hydrogen-bond acceptors (Lipinski definition) is 11. The largest absolute Gasteiger partial charge is 0.513 e. The molecule has 0 aliphatic heterocycles.